The minimum Gasteiger partial charge on any atom is -0.486 e. The molecule has 0 spiro atoms. The maximum absolute atomic E-state index is 13.8. The summed E-state index contributed by atoms with van der Waals surface area (Å²) in [7, 11) is -2.45. The summed E-state index contributed by atoms with van der Waals surface area (Å²) < 4.78 is 34.5. The van der Waals surface area contributed by atoms with Crippen molar-refractivity contribution in [3.05, 3.63) is 94.5 Å². The van der Waals surface area contributed by atoms with Crippen molar-refractivity contribution in [1.82, 2.24) is 14.2 Å². The van der Waals surface area contributed by atoms with Gasteiger partial charge in [0.05, 0.1) is 35.3 Å². The summed E-state index contributed by atoms with van der Waals surface area (Å²) in [6.07, 6.45) is 0.986. The van der Waals surface area contributed by atoms with Crippen molar-refractivity contribution in [2.75, 3.05) is 32.1 Å². The number of hydrogen-bond donors (Lipinski definition) is 2. The molecular formula is C32H33ClN4O6S2. The molecule has 2 amide bonds. The Morgan fingerprint density at radius 2 is 1.89 bits per heavy atom. The van der Waals surface area contributed by atoms with Crippen molar-refractivity contribution in [1.29, 1.82) is 0 Å². The van der Waals surface area contributed by atoms with E-state index in [1.165, 1.54) is 47.0 Å². The van der Waals surface area contributed by atoms with E-state index in [2.05, 4.69) is 10.3 Å². The Kier molecular flexibility index (Phi) is 9.90. The average Bonchev–Trinajstić information content (AvgIpc) is 3.58. The molecule has 0 saturated carbocycles. The van der Waals surface area contributed by atoms with Crippen LogP contribution >= 0.6 is 22.9 Å². The number of aromatic nitrogens is 1. The topological polar surface area (TPSA) is 129 Å². The van der Waals surface area contributed by atoms with Gasteiger partial charge in [0.2, 0.25) is 10.0 Å². The van der Waals surface area contributed by atoms with Crippen molar-refractivity contribution < 1.29 is 27.9 Å². The normalized spacial score (nSPS) is 17.6. The summed E-state index contributed by atoms with van der Waals surface area (Å²) in [5, 5.41) is 16.0. The van der Waals surface area contributed by atoms with Crippen LogP contribution in [0.25, 0.3) is 10.6 Å². The van der Waals surface area contributed by atoms with E-state index in [-0.39, 0.29) is 53.4 Å². The molecule has 13 heteroatoms. The van der Waals surface area contributed by atoms with Crippen LogP contribution in [0.15, 0.2) is 83.2 Å². The Labute approximate surface area is 271 Å². The lowest BCUT2D eigenvalue weighted by Gasteiger charge is -2.38. The molecule has 236 valence electrons. The van der Waals surface area contributed by atoms with Crippen LogP contribution in [0.2, 0.25) is 5.02 Å². The number of rotatable bonds is 9. The number of hydrogen-bond acceptors (Lipinski definition) is 8. The molecule has 2 heterocycles. The van der Waals surface area contributed by atoms with Crippen molar-refractivity contribution in [3.8, 4) is 16.3 Å². The fourth-order valence-electron chi connectivity index (χ4n) is 5.02. The highest BCUT2D eigenvalue weighted by Gasteiger charge is 2.36. The average molecular weight is 669 g/mol. The number of nitrogens with zero attached hydrogens (tertiary/aromatic N) is 3. The first kappa shape index (κ1) is 32.6. The predicted molar refractivity (Wildman–Crippen MR) is 174 cm³/mol. The van der Waals surface area contributed by atoms with Gasteiger partial charge in [0.25, 0.3) is 11.8 Å². The number of sulfonamides is 1. The number of aliphatic hydroxyl groups excluding tert-OH is 1. The maximum atomic E-state index is 13.8. The quantitative estimate of drug-likeness (QED) is 0.249. The van der Waals surface area contributed by atoms with E-state index in [0.29, 0.717) is 10.6 Å². The molecule has 0 saturated heterocycles. The first-order valence-electron chi connectivity index (χ1n) is 14.2. The first-order chi connectivity index (χ1) is 21.5. The maximum Gasteiger partial charge on any atom is 0.258 e. The molecule has 0 bridgehead atoms. The molecule has 5 rings (SSSR count). The lowest BCUT2D eigenvalue weighted by molar-refractivity contribution is 0.0388. The molecule has 1 aromatic heterocycles. The number of carbonyl (C=O) groups excluding carboxylic acids is 2. The molecule has 0 aliphatic carbocycles. The number of likely N-dealkylation sites (N-methyl/N-ethyl adjacent to an activating group) is 1. The molecule has 0 fully saturated rings. The van der Waals surface area contributed by atoms with Gasteiger partial charge in [-0.05, 0) is 55.5 Å². The predicted octanol–water partition coefficient (Wildman–Crippen LogP) is 5.26. The molecule has 10 nitrogen and oxygen atoms in total. The van der Waals surface area contributed by atoms with E-state index < -0.39 is 28.1 Å². The molecule has 3 atom stereocenters. The lowest BCUT2D eigenvalue weighted by Crippen LogP contribution is -2.50. The number of carbonyl (C=O) groups is 2. The summed E-state index contributed by atoms with van der Waals surface area (Å²) in [5.74, 6) is -1.02. The Bertz CT molecular complexity index is 1770. The minimum atomic E-state index is -3.91. The molecule has 0 radical (unpaired) electrons. The zero-order valence-electron chi connectivity index (χ0n) is 24.9. The van der Waals surface area contributed by atoms with E-state index >= 15 is 0 Å². The van der Waals surface area contributed by atoms with E-state index in [1.54, 1.807) is 48.4 Å². The number of nitrogens with one attached hydrogen (secondary N) is 1. The number of aliphatic hydroxyl groups is 1. The second-order valence-electron chi connectivity index (χ2n) is 10.9. The van der Waals surface area contributed by atoms with E-state index in [0.717, 1.165) is 10.6 Å². The molecular weight excluding hydrogens is 636 g/mol. The fraction of sp³-hybridized carbons (Fsp3) is 0.281. The smallest absolute Gasteiger partial charge is 0.258 e. The van der Waals surface area contributed by atoms with Crippen LogP contribution < -0.4 is 10.1 Å². The van der Waals surface area contributed by atoms with E-state index in [4.69, 9.17) is 16.3 Å². The molecule has 0 unspecified atom stereocenters. The molecule has 1 aliphatic rings. The third-order valence-electron chi connectivity index (χ3n) is 7.72. The van der Waals surface area contributed by atoms with Crippen LogP contribution in [0.1, 0.15) is 34.6 Å². The Hall–Kier alpha value is -3.81. The standard InChI is InChI=1S/C32H33ClN4O6S2/c1-20-17-37(21(2)19-38)32(40)26-5-4-6-27(35-30(39)22-7-9-23(10-8-22)31-34-15-16-44-31)29(26)43-28(20)18-36(3)45(41,42)25-13-11-24(33)12-14-25/h4-16,20-21,28,38H,17-19H2,1-3H3,(H,35,39)/t20-,21+,28-/m0/s1. The second-order valence-corrected chi connectivity index (χ2v) is 14.3. The van der Waals surface area contributed by atoms with Gasteiger partial charge in [0.1, 0.15) is 11.1 Å². The molecule has 2 N–H and O–H groups in total. The Balaban J connectivity index is 1.47. The van der Waals surface area contributed by atoms with Crippen LogP contribution in [0.5, 0.6) is 5.75 Å². The Morgan fingerprint density at radius 3 is 2.53 bits per heavy atom. The van der Waals surface area contributed by atoms with Gasteiger partial charge in [-0.15, -0.1) is 11.3 Å². The van der Waals surface area contributed by atoms with Gasteiger partial charge in [-0.1, -0.05) is 36.7 Å². The van der Waals surface area contributed by atoms with Gasteiger partial charge in [-0.25, -0.2) is 13.4 Å². The number of benzene rings is 3. The molecule has 4 aromatic rings. The number of fused-ring (bicyclic) bond motifs is 1. The van der Waals surface area contributed by atoms with Crippen molar-refractivity contribution >= 4 is 50.5 Å². The van der Waals surface area contributed by atoms with Crippen LogP contribution in [0, 0.1) is 5.92 Å². The van der Waals surface area contributed by atoms with Crippen LogP contribution in [0.3, 0.4) is 0 Å². The summed E-state index contributed by atoms with van der Waals surface area (Å²) in [6, 6.07) is 17.2. The van der Waals surface area contributed by atoms with Gasteiger partial charge in [0, 0.05) is 47.2 Å². The lowest BCUT2D eigenvalue weighted by atomic mass is 9.99. The SMILES string of the molecule is C[C@H](CO)N1C[C@H](C)[C@H](CN(C)S(=O)(=O)c2ccc(Cl)cc2)Oc2c(NC(=O)c3ccc(-c4nccs4)cc3)cccc2C1=O. The largest absolute Gasteiger partial charge is 0.486 e. The summed E-state index contributed by atoms with van der Waals surface area (Å²) >= 11 is 7.46. The first-order valence-corrected chi connectivity index (χ1v) is 16.9. The van der Waals surface area contributed by atoms with Crippen molar-refractivity contribution in [2.45, 2.75) is 30.9 Å². The number of ether oxygens (including phenoxy) is 1. The van der Waals surface area contributed by atoms with E-state index in [9.17, 15) is 23.1 Å². The third kappa shape index (κ3) is 7.05. The fourth-order valence-corrected chi connectivity index (χ4v) is 6.98. The number of thiazole rings is 1. The van der Waals surface area contributed by atoms with Crippen LogP contribution in [-0.4, -0.2) is 78.4 Å². The molecule has 3 aromatic carbocycles. The number of para-hydroxylation sites is 1. The summed E-state index contributed by atoms with van der Waals surface area (Å²) in [6.45, 7) is 3.48. The minimum absolute atomic E-state index is 0.0540. The van der Waals surface area contributed by atoms with Crippen LogP contribution in [0.4, 0.5) is 5.69 Å². The highest BCUT2D eigenvalue weighted by molar-refractivity contribution is 7.89. The van der Waals surface area contributed by atoms with Crippen molar-refractivity contribution in [2.24, 2.45) is 5.92 Å². The number of halogens is 1. The van der Waals surface area contributed by atoms with E-state index in [1.807, 2.05) is 24.4 Å². The monoisotopic (exact) mass is 668 g/mol. The molecule has 45 heavy (non-hydrogen) atoms. The van der Waals surface area contributed by atoms with Gasteiger partial charge < -0.3 is 20.1 Å². The van der Waals surface area contributed by atoms with Gasteiger partial charge >= 0.3 is 0 Å². The summed E-state index contributed by atoms with van der Waals surface area (Å²) in [5.41, 5.74) is 1.72. The van der Waals surface area contributed by atoms with Gasteiger partial charge in [-0.2, -0.15) is 4.31 Å². The Morgan fingerprint density at radius 1 is 1.18 bits per heavy atom. The highest BCUT2D eigenvalue weighted by Crippen LogP contribution is 2.36. The number of anilines is 1. The zero-order valence-corrected chi connectivity index (χ0v) is 27.3. The molecule has 1 aliphatic heterocycles. The number of amides is 2. The van der Waals surface area contributed by atoms with Gasteiger partial charge in [-0.3, -0.25) is 9.59 Å². The van der Waals surface area contributed by atoms with Gasteiger partial charge in [0.15, 0.2) is 5.75 Å². The second kappa shape index (κ2) is 13.7. The summed E-state index contributed by atoms with van der Waals surface area (Å²) in [4.78, 5) is 33.1. The zero-order chi connectivity index (χ0) is 32.3. The highest BCUT2D eigenvalue weighted by atomic mass is 35.5. The van der Waals surface area contributed by atoms with Crippen molar-refractivity contribution in [3.63, 3.8) is 0 Å². The third-order valence-corrected chi connectivity index (χ3v) is 10.6. The van der Waals surface area contributed by atoms with Crippen LogP contribution in [-0.2, 0) is 10.0 Å².